The molecule has 1 aliphatic rings. The number of aromatic nitrogens is 2. The number of rotatable bonds is 11. The largest absolute Gasteiger partial charge is 0.493 e. The Hall–Kier alpha value is -4.47. The second-order valence-electron chi connectivity index (χ2n) is 9.09. The lowest BCUT2D eigenvalue weighted by atomic mass is 10.0. The van der Waals surface area contributed by atoms with E-state index in [2.05, 4.69) is 26.8 Å². The Labute approximate surface area is 226 Å². The topological polar surface area (TPSA) is 106 Å². The minimum atomic E-state index is -1.12. The van der Waals surface area contributed by atoms with Gasteiger partial charge in [-0.3, -0.25) is 4.90 Å². The highest BCUT2D eigenvalue weighted by Crippen LogP contribution is 2.34. The molecule has 0 aliphatic carbocycles. The van der Waals surface area contributed by atoms with E-state index in [1.54, 1.807) is 12.1 Å². The lowest BCUT2D eigenvalue weighted by Crippen LogP contribution is -2.37. The van der Waals surface area contributed by atoms with Gasteiger partial charge in [0.05, 0.1) is 30.9 Å². The van der Waals surface area contributed by atoms with Crippen LogP contribution in [-0.4, -0.2) is 65.4 Å². The lowest BCUT2D eigenvalue weighted by Gasteiger charge is -2.26. The van der Waals surface area contributed by atoms with Crippen molar-refractivity contribution in [3.8, 4) is 17.2 Å². The van der Waals surface area contributed by atoms with Gasteiger partial charge in [-0.2, -0.15) is 0 Å². The Balaban J connectivity index is 1.33. The van der Waals surface area contributed by atoms with Gasteiger partial charge in [-0.1, -0.05) is 24.8 Å². The molecule has 1 saturated heterocycles. The minimum absolute atomic E-state index is 0.0581. The van der Waals surface area contributed by atoms with Gasteiger partial charge in [-0.15, -0.1) is 0 Å². The number of para-hydroxylation sites is 1. The summed E-state index contributed by atoms with van der Waals surface area (Å²) in [6, 6.07) is 20.5. The Morgan fingerprint density at radius 1 is 1.03 bits per heavy atom. The number of aliphatic carboxylic acids is 1. The highest BCUT2D eigenvalue weighted by molar-refractivity contribution is 6.16. The van der Waals surface area contributed by atoms with E-state index < -0.39 is 5.97 Å². The number of nitrogens with zero attached hydrogens (tertiary/aromatic N) is 3. The molecule has 4 aromatic rings. The number of fused-ring (bicyclic) bond motifs is 1. The molecule has 0 saturated carbocycles. The Bertz CT molecular complexity index is 1440. The number of carboxylic acid groups (broad SMARTS) is 1. The number of carbonyl (C=O) groups is 1. The first kappa shape index (κ1) is 26.1. The maximum absolute atomic E-state index is 11.8. The molecule has 0 spiro atoms. The summed E-state index contributed by atoms with van der Waals surface area (Å²) in [7, 11) is 0. The second kappa shape index (κ2) is 12.4. The van der Waals surface area contributed by atoms with E-state index in [1.807, 2.05) is 54.6 Å². The maximum Gasteiger partial charge on any atom is 0.335 e. The molecule has 5 rings (SSSR count). The predicted octanol–water partition coefficient (Wildman–Crippen LogP) is 5.36. The van der Waals surface area contributed by atoms with E-state index in [0.717, 1.165) is 50.7 Å². The van der Waals surface area contributed by atoms with Crippen molar-refractivity contribution in [2.75, 3.05) is 44.8 Å². The van der Waals surface area contributed by atoms with Crippen LogP contribution in [-0.2, 0) is 9.53 Å². The van der Waals surface area contributed by atoms with Crippen molar-refractivity contribution in [3.05, 3.63) is 85.2 Å². The van der Waals surface area contributed by atoms with Crippen molar-refractivity contribution < 1.29 is 24.1 Å². The van der Waals surface area contributed by atoms with E-state index in [1.165, 1.54) is 6.33 Å². The van der Waals surface area contributed by atoms with Gasteiger partial charge in [-0.05, 0) is 48.9 Å². The fourth-order valence-corrected chi connectivity index (χ4v) is 4.32. The highest BCUT2D eigenvalue weighted by Gasteiger charge is 2.18. The molecule has 0 radical (unpaired) electrons. The molecule has 3 aromatic carbocycles. The van der Waals surface area contributed by atoms with Crippen LogP contribution in [0.4, 0.5) is 11.5 Å². The summed E-state index contributed by atoms with van der Waals surface area (Å²) in [6.45, 7) is 8.41. The molecule has 0 atom stereocenters. The number of anilines is 2. The van der Waals surface area contributed by atoms with Gasteiger partial charge in [0.2, 0.25) is 0 Å². The monoisotopic (exact) mass is 526 g/mol. The molecule has 0 bridgehead atoms. The summed E-state index contributed by atoms with van der Waals surface area (Å²) in [6.07, 6.45) is 2.27. The zero-order chi connectivity index (χ0) is 27.0. The zero-order valence-electron chi connectivity index (χ0n) is 21.5. The number of benzene rings is 3. The smallest absolute Gasteiger partial charge is 0.335 e. The molecule has 9 nitrogen and oxygen atoms in total. The Morgan fingerprint density at radius 3 is 2.51 bits per heavy atom. The van der Waals surface area contributed by atoms with E-state index in [-0.39, 0.29) is 5.57 Å². The lowest BCUT2D eigenvalue weighted by molar-refractivity contribution is -0.130. The molecular formula is C30H30N4O5. The fraction of sp³-hybridized carbons (Fsp3) is 0.233. The molecule has 0 unspecified atom stereocenters. The van der Waals surface area contributed by atoms with Crippen LogP contribution < -0.4 is 14.8 Å². The Kier molecular flexibility index (Phi) is 8.30. The van der Waals surface area contributed by atoms with Crippen molar-refractivity contribution in [2.45, 2.75) is 6.42 Å². The molecule has 0 amide bonds. The molecule has 1 aromatic heterocycles. The Morgan fingerprint density at radius 2 is 1.77 bits per heavy atom. The number of hydrogen-bond acceptors (Lipinski definition) is 8. The number of hydrogen-bond donors (Lipinski definition) is 2. The van der Waals surface area contributed by atoms with Crippen LogP contribution in [0.3, 0.4) is 0 Å². The molecule has 2 heterocycles. The van der Waals surface area contributed by atoms with E-state index in [4.69, 9.17) is 14.2 Å². The van der Waals surface area contributed by atoms with Crippen LogP contribution in [0.15, 0.2) is 79.6 Å². The highest BCUT2D eigenvalue weighted by atomic mass is 16.5. The third kappa shape index (κ3) is 6.70. The van der Waals surface area contributed by atoms with Crippen LogP contribution in [0.2, 0.25) is 0 Å². The molecule has 1 fully saturated rings. The van der Waals surface area contributed by atoms with Crippen LogP contribution in [0, 0.1) is 0 Å². The number of morpholine rings is 1. The third-order valence-electron chi connectivity index (χ3n) is 6.40. The summed E-state index contributed by atoms with van der Waals surface area (Å²) in [5.74, 6) is 1.31. The predicted molar refractivity (Wildman–Crippen MR) is 150 cm³/mol. The van der Waals surface area contributed by atoms with E-state index in [9.17, 15) is 9.90 Å². The summed E-state index contributed by atoms with van der Waals surface area (Å²) in [4.78, 5) is 23.0. The second-order valence-corrected chi connectivity index (χ2v) is 9.09. The van der Waals surface area contributed by atoms with Gasteiger partial charge in [-0.25, -0.2) is 14.8 Å². The first-order valence-corrected chi connectivity index (χ1v) is 12.8. The average Bonchev–Trinajstić information content (AvgIpc) is 2.97. The number of ether oxygens (including phenoxy) is 3. The van der Waals surface area contributed by atoms with E-state index in [0.29, 0.717) is 40.4 Å². The summed E-state index contributed by atoms with van der Waals surface area (Å²) in [5.41, 5.74) is 1.75. The number of nitrogens with one attached hydrogen (secondary N) is 1. The average molecular weight is 527 g/mol. The van der Waals surface area contributed by atoms with Crippen molar-refractivity contribution in [3.63, 3.8) is 0 Å². The molecule has 39 heavy (non-hydrogen) atoms. The van der Waals surface area contributed by atoms with Crippen LogP contribution in [0.1, 0.15) is 12.0 Å². The van der Waals surface area contributed by atoms with Crippen LogP contribution >= 0.6 is 0 Å². The first-order valence-electron chi connectivity index (χ1n) is 12.8. The van der Waals surface area contributed by atoms with Crippen molar-refractivity contribution in [1.29, 1.82) is 0 Å². The van der Waals surface area contributed by atoms with Gasteiger partial charge < -0.3 is 24.6 Å². The molecule has 200 valence electrons. The van der Waals surface area contributed by atoms with Crippen LogP contribution in [0.5, 0.6) is 17.2 Å². The van der Waals surface area contributed by atoms with Gasteiger partial charge in [0.1, 0.15) is 29.4 Å². The molecular weight excluding hydrogens is 496 g/mol. The fourth-order valence-electron chi connectivity index (χ4n) is 4.32. The number of carboxylic acids is 1. The first-order chi connectivity index (χ1) is 19.1. The minimum Gasteiger partial charge on any atom is -0.493 e. The maximum atomic E-state index is 11.8. The quantitative estimate of drug-likeness (QED) is 0.197. The molecule has 9 heteroatoms. The molecule has 1 aliphatic heterocycles. The van der Waals surface area contributed by atoms with Crippen LogP contribution in [0.25, 0.3) is 16.5 Å². The normalized spacial score (nSPS) is 13.6. The van der Waals surface area contributed by atoms with Gasteiger partial charge in [0.25, 0.3) is 0 Å². The van der Waals surface area contributed by atoms with Crippen molar-refractivity contribution in [2.24, 2.45) is 0 Å². The third-order valence-corrected chi connectivity index (χ3v) is 6.40. The van der Waals surface area contributed by atoms with Gasteiger partial charge >= 0.3 is 5.97 Å². The summed E-state index contributed by atoms with van der Waals surface area (Å²) >= 11 is 0. The van der Waals surface area contributed by atoms with Crippen molar-refractivity contribution in [1.82, 2.24) is 14.9 Å². The summed E-state index contributed by atoms with van der Waals surface area (Å²) in [5, 5.41) is 13.6. The molecule has 2 N–H and O–H groups in total. The van der Waals surface area contributed by atoms with Gasteiger partial charge in [0.15, 0.2) is 0 Å². The van der Waals surface area contributed by atoms with E-state index >= 15 is 0 Å². The van der Waals surface area contributed by atoms with Gasteiger partial charge in [0, 0.05) is 42.3 Å². The van der Waals surface area contributed by atoms with Crippen molar-refractivity contribution >= 4 is 34.0 Å². The zero-order valence-corrected chi connectivity index (χ0v) is 21.5. The summed E-state index contributed by atoms with van der Waals surface area (Å²) < 4.78 is 17.3. The standard InChI is InChI=1S/C30H30N4O5/c1-21(30(35)36)25-18-26-27(19-28(25)38-15-5-12-34-13-16-37-17-14-34)31-20-32-29(26)33-22-8-10-24(11-9-22)39-23-6-3-2-4-7-23/h2-4,6-11,18-20H,1,5,12-17H2,(H,35,36)(H,31,32,33). The SMILES string of the molecule is C=C(C(=O)O)c1cc2c(Nc3ccc(Oc4ccccc4)cc3)ncnc2cc1OCCCN1CCOCC1.